The number of nitrogens with zero attached hydrogens (tertiary/aromatic N) is 6. The summed E-state index contributed by atoms with van der Waals surface area (Å²) in [5.74, 6) is 1.10. The van der Waals surface area contributed by atoms with Crippen LogP contribution in [-0.2, 0) is 16.0 Å². The van der Waals surface area contributed by atoms with Crippen molar-refractivity contribution in [1.82, 2.24) is 34.4 Å². The summed E-state index contributed by atoms with van der Waals surface area (Å²) in [4.78, 5) is 35.4. The Morgan fingerprint density at radius 2 is 2.05 bits per heavy atom. The number of amides is 1. The number of benzene rings is 1. The van der Waals surface area contributed by atoms with Crippen molar-refractivity contribution in [3.05, 3.63) is 35.4 Å². The van der Waals surface area contributed by atoms with Crippen LogP contribution in [0.5, 0.6) is 0 Å². The fraction of sp³-hybridized carbons (Fsp3) is 0.480. The average Bonchev–Trinajstić information content (AvgIpc) is 3.48. The molecule has 6 rings (SSSR count). The lowest BCUT2D eigenvalue weighted by molar-refractivity contribution is -0.201. The molecule has 2 atom stereocenters. The number of fused-ring (bicyclic) bond motifs is 2. The van der Waals surface area contributed by atoms with Gasteiger partial charge in [-0.1, -0.05) is 11.6 Å². The number of anilines is 2. The van der Waals surface area contributed by atoms with Gasteiger partial charge in [0.15, 0.2) is 11.5 Å². The Morgan fingerprint density at radius 3 is 2.84 bits per heavy atom. The fourth-order valence-electron chi connectivity index (χ4n) is 5.66. The maximum absolute atomic E-state index is 13.0. The van der Waals surface area contributed by atoms with Gasteiger partial charge in [-0.2, -0.15) is 9.97 Å². The Hall–Kier alpha value is -3.48. The van der Waals surface area contributed by atoms with Crippen molar-refractivity contribution >= 4 is 51.5 Å². The molecule has 2 fully saturated rings. The van der Waals surface area contributed by atoms with Gasteiger partial charge in [-0.15, -0.1) is 0 Å². The molecular weight excluding hydrogens is 510 g/mol. The van der Waals surface area contributed by atoms with Gasteiger partial charge in [0.2, 0.25) is 11.9 Å². The van der Waals surface area contributed by atoms with Crippen molar-refractivity contribution in [2.75, 3.05) is 31.2 Å². The van der Waals surface area contributed by atoms with E-state index in [2.05, 4.69) is 24.9 Å². The van der Waals surface area contributed by atoms with E-state index in [-0.39, 0.29) is 30.3 Å². The van der Waals surface area contributed by atoms with Crippen molar-refractivity contribution < 1.29 is 14.6 Å². The molecule has 0 radical (unpaired) electrons. The van der Waals surface area contributed by atoms with Gasteiger partial charge in [0.1, 0.15) is 16.9 Å². The summed E-state index contributed by atoms with van der Waals surface area (Å²) in [6.07, 6.45) is 4.38. The van der Waals surface area contributed by atoms with Crippen LogP contribution in [0, 0.1) is 0 Å². The standard InChI is InChI=1S/C25H30ClN9O3/c1-24(37)12-38-25(11-17(24)35-13-29-20-21(27)32-23(28)33-22(20)35)6-8-34(9-7-25)19(36)5-4-18-30-15-3-2-14(26)10-16(15)31-18/h2-3,10,13,17,37H,4-9,11-12H2,1H3,(H,30,31)(H4,27,28,32,33)/t17-,24-/m0/s1. The van der Waals surface area contributed by atoms with Crippen LogP contribution in [0.25, 0.3) is 22.2 Å². The highest BCUT2D eigenvalue weighted by Gasteiger charge is 2.50. The second-order valence-corrected chi connectivity index (χ2v) is 11.0. The Balaban J connectivity index is 1.12. The number of hydrogen-bond donors (Lipinski definition) is 4. The van der Waals surface area contributed by atoms with Gasteiger partial charge in [-0.05, 0) is 38.0 Å². The number of ether oxygens (including phenoxy) is 1. The highest BCUT2D eigenvalue weighted by Crippen LogP contribution is 2.44. The average molecular weight is 540 g/mol. The lowest BCUT2D eigenvalue weighted by atomic mass is 9.77. The molecule has 38 heavy (non-hydrogen) atoms. The third-order valence-electron chi connectivity index (χ3n) is 7.85. The SMILES string of the molecule is C[C@]1(O)COC2(CCN(C(=O)CCc3nc4ccc(Cl)cc4[nH]3)CC2)C[C@@H]1n1cnc2c(N)nc(N)nc21. The van der Waals surface area contributed by atoms with Crippen LogP contribution in [0.1, 0.15) is 44.5 Å². The van der Waals surface area contributed by atoms with Gasteiger partial charge < -0.3 is 35.8 Å². The number of rotatable bonds is 4. The second kappa shape index (κ2) is 9.07. The minimum absolute atomic E-state index is 0.0523. The number of aliphatic hydroxyl groups is 1. The molecule has 1 spiro atoms. The van der Waals surface area contributed by atoms with Gasteiger partial charge in [-0.25, -0.2) is 9.97 Å². The van der Waals surface area contributed by atoms with Crippen LogP contribution >= 0.6 is 11.6 Å². The molecule has 0 unspecified atom stereocenters. The van der Waals surface area contributed by atoms with E-state index in [1.54, 1.807) is 19.3 Å². The minimum atomic E-state index is -1.16. The van der Waals surface area contributed by atoms with Crippen LogP contribution < -0.4 is 11.5 Å². The number of aryl methyl sites for hydroxylation is 1. The number of imidazole rings is 2. The number of carbonyl (C=O) groups is 1. The third kappa shape index (κ3) is 4.42. The van der Waals surface area contributed by atoms with Gasteiger partial charge in [-0.3, -0.25) is 4.79 Å². The van der Waals surface area contributed by atoms with Gasteiger partial charge >= 0.3 is 0 Å². The predicted octanol–water partition coefficient (Wildman–Crippen LogP) is 2.23. The van der Waals surface area contributed by atoms with E-state index in [4.69, 9.17) is 27.8 Å². The molecule has 6 N–H and O–H groups in total. The highest BCUT2D eigenvalue weighted by atomic mass is 35.5. The van der Waals surface area contributed by atoms with E-state index >= 15 is 0 Å². The smallest absolute Gasteiger partial charge is 0.224 e. The first-order chi connectivity index (χ1) is 18.1. The molecule has 2 aliphatic heterocycles. The van der Waals surface area contributed by atoms with Crippen molar-refractivity contribution in [3.8, 4) is 0 Å². The Morgan fingerprint density at radius 1 is 1.26 bits per heavy atom. The lowest BCUT2D eigenvalue weighted by Gasteiger charge is -2.51. The fourth-order valence-corrected chi connectivity index (χ4v) is 5.83. The Bertz CT molecular complexity index is 1520. The summed E-state index contributed by atoms with van der Waals surface area (Å²) in [5.41, 5.74) is 12.8. The zero-order valence-electron chi connectivity index (χ0n) is 21.0. The van der Waals surface area contributed by atoms with Crippen LogP contribution in [0.2, 0.25) is 5.02 Å². The van der Waals surface area contributed by atoms with Crippen molar-refractivity contribution in [2.24, 2.45) is 0 Å². The number of piperidine rings is 1. The maximum atomic E-state index is 13.0. The van der Waals surface area contributed by atoms with E-state index in [1.165, 1.54) is 0 Å². The molecular formula is C25H30ClN9O3. The van der Waals surface area contributed by atoms with Crippen molar-refractivity contribution in [3.63, 3.8) is 0 Å². The molecule has 5 heterocycles. The molecule has 4 aromatic rings. The van der Waals surface area contributed by atoms with Crippen LogP contribution in [0.3, 0.4) is 0 Å². The summed E-state index contributed by atoms with van der Waals surface area (Å²) in [5, 5.41) is 11.9. The zero-order valence-corrected chi connectivity index (χ0v) is 21.8. The monoisotopic (exact) mass is 539 g/mol. The number of aromatic amines is 1. The first-order valence-corrected chi connectivity index (χ1v) is 13.0. The number of halogens is 1. The van der Waals surface area contributed by atoms with E-state index in [9.17, 15) is 9.90 Å². The van der Waals surface area contributed by atoms with Gasteiger partial charge in [0.05, 0.1) is 35.6 Å². The summed E-state index contributed by atoms with van der Waals surface area (Å²) in [7, 11) is 0. The van der Waals surface area contributed by atoms with E-state index in [1.807, 2.05) is 21.6 Å². The second-order valence-electron chi connectivity index (χ2n) is 10.6. The Kier molecular flexibility index (Phi) is 5.93. The number of aromatic nitrogens is 6. The Labute approximate surface area is 223 Å². The number of likely N-dealkylation sites (tertiary alicyclic amines) is 1. The number of nitrogens with one attached hydrogen (secondary N) is 1. The minimum Gasteiger partial charge on any atom is -0.386 e. The number of H-pyrrole nitrogens is 1. The quantitative estimate of drug-likeness (QED) is 0.303. The third-order valence-corrected chi connectivity index (χ3v) is 8.09. The van der Waals surface area contributed by atoms with E-state index in [0.29, 0.717) is 61.4 Å². The molecule has 2 aliphatic rings. The molecule has 200 valence electrons. The molecule has 12 nitrogen and oxygen atoms in total. The molecule has 0 aliphatic carbocycles. The van der Waals surface area contributed by atoms with Crippen molar-refractivity contribution in [2.45, 2.75) is 56.3 Å². The topological polar surface area (TPSA) is 174 Å². The predicted molar refractivity (Wildman–Crippen MR) is 142 cm³/mol. The first-order valence-electron chi connectivity index (χ1n) is 12.7. The molecule has 0 bridgehead atoms. The molecule has 1 amide bonds. The molecule has 2 saturated heterocycles. The molecule has 3 aromatic heterocycles. The van der Waals surface area contributed by atoms with E-state index in [0.717, 1.165) is 16.9 Å². The summed E-state index contributed by atoms with van der Waals surface area (Å²) < 4.78 is 8.11. The molecule has 13 heteroatoms. The number of nitrogens with two attached hydrogens (primary N) is 2. The van der Waals surface area contributed by atoms with Gasteiger partial charge in [0, 0.05) is 37.4 Å². The summed E-state index contributed by atoms with van der Waals surface area (Å²) >= 11 is 6.06. The first kappa shape index (κ1) is 24.8. The number of carbonyl (C=O) groups excluding carboxylic acids is 1. The summed E-state index contributed by atoms with van der Waals surface area (Å²) in [6.45, 7) is 3.05. The van der Waals surface area contributed by atoms with E-state index < -0.39 is 11.2 Å². The van der Waals surface area contributed by atoms with Crippen LogP contribution in [-0.4, -0.2) is 76.3 Å². The number of hydrogen-bond acceptors (Lipinski definition) is 9. The van der Waals surface area contributed by atoms with Crippen LogP contribution in [0.4, 0.5) is 11.8 Å². The van der Waals surface area contributed by atoms with Crippen molar-refractivity contribution in [1.29, 1.82) is 0 Å². The van der Waals surface area contributed by atoms with Crippen LogP contribution in [0.15, 0.2) is 24.5 Å². The normalized spacial score (nSPS) is 23.4. The lowest BCUT2D eigenvalue weighted by Crippen LogP contribution is -2.57. The zero-order chi connectivity index (χ0) is 26.7. The van der Waals surface area contributed by atoms with Gasteiger partial charge in [0.25, 0.3) is 0 Å². The largest absolute Gasteiger partial charge is 0.386 e. The number of nitrogen functional groups attached to an aromatic ring is 2. The molecule has 0 saturated carbocycles. The maximum Gasteiger partial charge on any atom is 0.224 e. The highest BCUT2D eigenvalue weighted by molar-refractivity contribution is 6.31. The summed E-state index contributed by atoms with van der Waals surface area (Å²) in [6, 6.07) is 5.13. The molecule has 1 aromatic carbocycles.